The van der Waals surface area contributed by atoms with Crippen molar-refractivity contribution in [3.8, 4) is 17.2 Å². The second-order valence-electron chi connectivity index (χ2n) is 7.59. The number of ether oxygens (including phenoxy) is 4. The number of halogens is 5. The van der Waals surface area contributed by atoms with E-state index in [1.54, 1.807) is 6.07 Å². The molecule has 38 heavy (non-hydrogen) atoms. The van der Waals surface area contributed by atoms with Gasteiger partial charge in [-0.15, -0.1) is 0 Å². The minimum Gasteiger partial charge on any atom is -0.493 e. The van der Waals surface area contributed by atoms with Crippen LogP contribution in [0.1, 0.15) is 6.42 Å². The van der Waals surface area contributed by atoms with Crippen LogP contribution in [0.4, 0.5) is 27.8 Å². The smallest absolute Gasteiger partial charge is 0.207 e. The third-order valence-corrected chi connectivity index (χ3v) is 5.22. The number of fused-ring (bicyclic) bond motifs is 1. The van der Waals surface area contributed by atoms with Gasteiger partial charge in [0.15, 0.2) is 23.1 Å². The molecule has 0 saturated carbocycles. The van der Waals surface area contributed by atoms with Gasteiger partial charge in [-0.05, 0) is 6.07 Å². The maximum Gasteiger partial charge on any atom is 0.207 e. The first-order valence-corrected chi connectivity index (χ1v) is 10.7. The number of carbonyl (C=O) groups is 2. The lowest BCUT2D eigenvalue weighted by atomic mass is 10.0. The highest BCUT2D eigenvalue weighted by atomic mass is 19.2. The second-order valence-corrected chi connectivity index (χ2v) is 7.59. The van der Waals surface area contributed by atoms with E-state index in [9.17, 15) is 31.5 Å². The molecule has 0 aliphatic heterocycles. The predicted molar refractivity (Wildman–Crippen MR) is 120 cm³/mol. The van der Waals surface area contributed by atoms with E-state index >= 15 is 0 Å². The fourth-order valence-corrected chi connectivity index (χ4v) is 3.35. The Hall–Kier alpha value is -4.46. The SMILES string of the molecule is COCCOc1cc2ncnc(N=C3CC(=O)C(Oc4c(F)c(F)c(F)c(F)c4F)=CC3=O)c2cc1OC. The largest absolute Gasteiger partial charge is 0.493 e. The molecular weight excluding hydrogens is 521 g/mol. The number of methoxy groups -OCH3 is 2. The van der Waals surface area contributed by atoms with Crippen LogP contribution in [0.25, 0.3) is 10.9 Å². The molecule has 1 aliphatic rings. The van der Waals surface area contributed by atoms with Crippen molar-refractivity contribution in [2.75, 3.05) is 27.4 Å². The number of benzene rings is 2. The topological polar surface area (TPSA) is 109 Å². The number of ketones is 2. The van der Waals surface area contributed by atoms with Crippen LogP contribution in [0.3, 0.4) is 0 Å². The Morgan fingerprint density at radius 3 is 2.24 bits per heavy atom. The van der Waals surface area contributed by atoms with Crippen LogP contribution < -0.4 is 14.2 Å². The third kappa shape index (κ3) is 5.02. The van der Waals surface area contributed by atoms with Crippen LogP contribution in [-0.2, 0) is 14.3 Å². The van der Waals surface area contributed by atoms with Gasteiger partial charge in [-0.3, -0.25) is 9.59 Å². The summed E-state index contributed by atoms with van der Waals surface area (Å²) in [5.74, 6) is -15.4. The first kappa shape index (κ1) is 26.6. The molecule has 3 aromatic rings. The van der Waals surface area contributed by atoms with Crippen molar-refractivity contribution in [1.82, 2.24) is 9.97 Å². The van der Waals surface area contributed by atoms with Gasteiger partial charge in [0, 0.05) is 24.6 Å². The number of nitrogens with zero attached hydrogens (tertiary/aromatic N) is 3. The van der Waals surface area contributed by atoms with Crippen LogP contribution in [0, 0.1) is 29.1 Å². The molecule has 9 nitrogen and oxygen atoms in total. The van der Waals surface area contributed by atoms with E-state index in [4.69, 9.17) is 14.2 Å². The number of hydrogen-bond donors (Lipinski definition) is 0. The monoisotopic (exact) mass is 537 g/mol. The van der Waals surface area contributed by atoms with E-state index in [0.717, 1.165) is 6.33 Å². The summed E-state index contributed by atoms with van der Waals surface area (Å²) in [7, 11) is 2.92. The van der Waals surface area contributed by atoms with Gasteiger partial charge >= 0.3 is 0 Å². The predicted octanol–water partition coefficient (Wildman–Crippen LogP) is 3.94. The van der Waals surface area contributed by atoms with Crippen molar-refractivity contribution >= 4 is 34.0 Å². The van der Waals surface area contributed by atoms with Crippen LogP contribution in [0.15, 0.2) is 35.3 Å². The number of aliphatic imine (C=N–C) groups is 1. The van der Waals surface area contributed by atoms with Crippen molar-refractivity contribution in [3.63, 3.8) is 0 Å². The Bertz CT molecular complexity index is 1500. The average molecular weight is 537 g/mol. The molecule has 0 atom stereocenters. The van der Waals surface area contributed by atoms with Crippen LogP contribution in [0.5, 0.6) is 17.2 Å². The summed E-state index contributed by atoms with van der Waals surface area (Å²) in [6.07, 6.45) is 0.991. The highest BCUT2D eigenvalue weighted by molar-refractivity contribution is 6.50. The van der Waals surface area contributed by atoms with E-state index < -0.39 is 58.6 Å². The highest BCUT2D eigenvalue weighted by Crippen LogP contribution is 2.35. The van der Waals surface area contributed by atoms with Crippen molar-refractivity contribution in [2.45, 2.75) is 6.42 Å². The molecule has 1 aromatic heterocycles. The maximum absolute atomic E-state index is 13.9. The lowest BCUT2D eigenvalue weighted by molar-refractivity contribution is -0.118. The number of allylic oxidation sites excluding steroid dienone is 2. The van der Waals surface area contributed by atoms with Gasteiger partial charge in [0.25, 0.3) is 0 Å². The molecule has 0 fully saturated rings. The van der Waals surface area contributed by atoms with Gasteiger partial charge < -0.3 is 18.9 Å². The summed E-state index contributed by atoms with van der Waals surface area (Å²) in [4.78, 5) is 37.5. The van der Waals surface area contributed by atoms with E-state index in [1.807, 2.05) is 0 Å². The van der Waals surface area contributed by atoms with Gasteiger partial charge in [-0.1, -0.05) is 0 Å². The van der Waals surface area contributed by atoms with Crippen LogP contribution >= 0.6 is 0 Å². The zero-order valence-electron chi connectivity index (χ0n) is 19.6. The molecular formula is C24H16F5N3O6. The number of hydrogen-bond acceptors (Lipinski definition) is 9. The van der Waals surface area contributed by atoms with Crippen molar-refractivity contribution in [3.05, 3.63) is 59.4 Å². The van der Waals surface area contributed by atoms with Crippen molar-refractivity contribution < 1.29 is 50.5 Å². The molecule has 0 spiro atoms. The van der Waals surface area contributed by atoms with Gasteiger partial charge in [0.1, 0.15) is 12.9 Å². The molecule has 1 heterocycles. The lowest BCUT2D eigenvalue weighted by Crippen LogP contribution is -2.27. The number of aromatic nitrogens is 2. The standard InChI is InChI=1S/C24H16F5N3O6/c1-35-3-4-37-17-7-11-10(5-16(17)36-2)24(31-9-30-11)32-12-6-14(34)15(8-13(12)33)38-23-21(28)19(26)18(25)20(27)22(23)29/h5,7-9H,3-4,6H2,1-2H3. The minimum atomic E-state index is -2.40. The zero-order valence-corrected chi connectivity index (χ0v) is 19.6. The molecule has 0 radical (unpaired) electrons. The molecule has 0 bridgehead atoms. The van der Waals surface area contributed by atoms with Crippen LogP contribution in [0.2, 0.25) is 0 Å². The summed E-state index contributed by atoms with van der Waals surface area (Å²) in [5.41, 5.74) is 0.0483. The first-order valence-electron chi connectivity index (χ1n) is 10.7. The Balaban J connectivity index is 1.67. The maximum atomic E-state index is 13.9. The number of Topliss-reactive ketones (excluding diaryl/α,β-unsaturated/α-hetero) is 1. The van der Waals surface area contributed by atoms with Gasteiger partial charge in [0.05, 0.1) is 31.4 Å². The lowest BCUT2D eigenvalue weighted by Gasteiger charge is -2.16. The molecule has 0 unspecified atom stereocenters. The summed E-state index contributed by atoms with van der Waals surface area (Å²) in [6, 6.07) is 3.07. The summed E-state index contributed by atoms with van der Waals surface area (Å²) >= 11 is 0. The molecule has 4 rings (SSSR count). The number of rotatable bonds is 8. The normalized spacial score (nSPS) is 14.7. The van der Waals surface area contributed by atoms with E-state index in [-0.39, 0.29) is 18.1 Å². The Morgan fingerprint density at radius 1 is 0.895 bits per heavy atom. The summed E-state index contributed by atoms with van der Waals surface area (Å²) in [6.45, 7) is 0.556. The Kier molecular flexibility index (Phi) is 7.62. The third-order valence-electron chi connectivity index (χ3n) is 5.22. The minimum absolute atomic E-state index is 0.00887. The van der Waals surface area contributed by atoms with Gasteiger partial charge in [-0.25, -0.2) is 28.1 Å². The summed E-state index contributed by atoms with van der Waals surface area (Å²) in [5, 5.41) is 0.337. The molecule has 2 aromatic carbocycles. The second kappa shape index (κ2) is 10.9. The van der Waals surface area contributed by atoms with E-state index in [2.05, 4.69) is 19.7 Å². The van der Waals surface area contributed by atoms with Crippen molar-refractivity contribution in [1.29, 1.82) is 0 Å². The van der Waals surface area contributed by atoms with E-state index in [0.29, 0.717) is 35.1 Å². The average Bonchev–Trinajstić information content (AvgIpc) is 2.91. The first-order chi connectivity index (χ1) is 18.2. The molecule has 198 valence electrons. The van der Waals surface area contributed by atoms with Crippen LogP contribution in [-0.4, -0.2) is 54.7 Å². The fraction of sp³-hybridized carbons (Fsp3) is 0.208. The van der Waals surface area contributed by atoms with Gasteiger partial charge in [0.2, 0.25) is 46.4 Å². The molecule has 0 N–H and O–H groups in total. The fourth-order valence-electron chi connectivity index (χ4n) is 3.35. The quantitative estimate of drug-likeness (QED) is 0.184. The number of carbonyl (C=O) groups excluding carboxylic acids is 2. The zero-order chi connectivity index (χ0) is 27.6. The molecule has 1 aliphatic carbocycles. The van der Waals surface area contributed by atoms with Gasteiger partial charge in [-0.2, -0.15) is 8.78 Å². The molecule has 14 heteroatoms. The Labute approximate surface area is 210 Å². The Morgan fingerprint density at radius 2 is 1.58 bits per heavy atom. The highest BCUT2D eigenvalue weighted by Gasteiger charge is 2.32. The summed E-state index contributed by atoms with van der Waals surface area (Å²) < 4.78 is 88.6. The molecule has 0 amide bonds. The van der Waals surface area contributed by atoms with E-state index in [1.165, 1.54) is 20.3 Å². The molecule has 0 saturated heterocycles. The van der Waals surface area contributed by atoms with Crippen molar-refractivity contribution in [2.24, 2.45) is 4.99 Å².